The molecule has 2 amide bonds. The van der Waals surface area contributed by atoms with Crippen LogP contribution in [0.3, 0.4) is 0 Å². The first-order valence-corrected chi connectivity index (χ1v) is 8.16. The first kappa shape index (κ1) is 15.5. The summed E-state index contributed by atoms with van der Waals surface area (Å²) in [6.45, 7) is 4.09. The lowest BCUT2D eigenvalue weighted by Gasteiger charge is -2.40. The lowest BCUT2D eigenvalue weighted by atomic mass is 10.1. The maximum Gasteiger partial charge on any atom is 0.258 e. The second kappa shape index (κ2) is 5.81. The quantitative estimate of drug-likeness (QED) is 0.802. The van der Waals surface area contributed by atoms with Crippen LogP contribution in [0.5, 0.6) is 11.5 Å². The Kier molecular flexibility index (Phi) is 3.60. The summed E-state index contributed by atoms with van der Waals surface area (Å²) < 4.78 is 10.7. The van der Waals surface area contributed by atoms with E-state index in [-0.39, 0.29) is 24.6 Å². The highest BCUT2D eigenvalue weighted by molar-refractivity contribution is 6.10. The second-order valence-corrected chi connectivity index (χ2v) is 6.21. The average Bonchev–Trinajstić information content (AvgIpc) is 3.07. The summed E-state index contributed by atoms with van der Waals surface area (Å²) in [6.07, 6.45) is 0. The summed E-state index contributed by atoms with van der Waals surface area (Å²) in [7, 11) is 0. The van der Waals surface area contributed by atoms with Crippen LogP contribution in [0.1, 0.15) is 24.2 Å². The summed E-state index contributed by atoms with van der Waals surface area (Å²) in [5, 5.41) is 0. The largest absolute Gasteiger partial charge is 0.454 e. The third kappa shape index (κ3) is 2.50. The molecular weight excluding hydrogens is 320 g/mol. The van der Waals surface area contributed by atoms with E-state index in [2.05, 4.69) is 0 Å². The van der Waals surface area contributed by atoms with Crippen molar-refractivity contribution in [3.8, 4) is 11.5 Å². The Balaban J connectivity index is 1.74. The highest BCUT2D eigenvalue weighted by Crippen LogP contribution is 2.37. The lowest BCUT2D eigenvalue weighted by Crippen LogP contribution is -2.51. The van der Waals surface area contributed by atoms with E-state index in [0.717, 1.165) is 11.4 Å². The lowest BCUT2D eigenvalue weighted by molar-refractivity contribution is -0.117. The Bertz CT molecular complexity index is 864. The zero-order valence-corrected chi connectivity index (χ0v) is 14.1. The number of benzene rings is 2. The molecule has 2 aliphatic heterocycles. The van der Waals surface area contributed by atoms with Gasteiger partial charge in [-0.3, -0.25) is 9.59 Å². The van der Waals surface area contributed by atoms with E-state index >= 15 is 0 Å². The Morgan fingerprint density at radius 1 is 1.04 bits per heavy atom. The standard InChI is InChI=1S/C19H18N2O4/c1-12-10-20(15-5-3-4-6-16(15)21(12)13(2)22)19(23)14-7-8-17-18(9-14)25-11-24-17/h3-9,12H,10-11H2,1-2H3. The van der Waals surface area contributed by atoms with Crippen LogP contribution in [0.25, 0.3) is 0 Å². The molecular formula is C19H18N2O4. The van der Waals surface area contributed by atoms with Crippen molar-refractivity contribution < 1.29 is 19.1 Å². The van der Waals surface area contributed by atoms with Gasteiger partial charge in [-0.05, 0) is 37.3 Å². The Morgan fingerprint density at radius 2 is 1.76 bits per heavy atom. The van der Waals surface area contributed by atoms with Crippen molar-refractivity contribution in [3.05, 3.63) is 48.0 Å². The minimum absolute atomic E-state index is 0.0323. The molecule has 2 heterocycles. The molecule has 0 radical (unpaired) electrons. The molecule has 6 nitrogen and oxygen atoms in total. The fraction of sp³-hybridized carbons (Fsp3) is 0.263. The molecule has 0 spiro atoms. The van der Waals surface area contributed by atoms with Crippen molar-refractivity contribution in [2.24, 2.45) is 0 Å². The molecule has 0 aromatic heterocycles. The summed E-state index contributed by atoms with van der Waals surface area (Å²) in [4.78, 5) is 28.6. The van der Waals surface area contributed by atoms with Gasteiger partial charge in [-0.1, -0.05) is 12.1 Å². The first-order chi connectivity index (χ1) is 12.1. The molecule has 2 aliphatic rings. The van der Waals surface area contributed by atoms with Crippen LogP contribution in [0.2, 0.25) is 0 Å². The molecule has 128 valence electrons. The Labute approximate surface area is 145 Å². The molecule has 0 saturated heterocycles. The number of anilines is 2. The molecule has 6 heteroatoms. The summed E-state index contributed by atoms with van der Waals surface area (Å²) >= 11 is 0. The van der Waals surface area contributed by atoms with Gasteiger partial charge in [0, 0.05) is 19.0 Å². The predicted octanol–water partition coefficient (Wildman–Crippen LogP) is 2.82. The van der Waals surface area contributed by atoms with E-state index in [1.54, 1.807) is 34.9 Å². The van der Waals surface area contributed by atoms with Gasteiger partial charge in [0.2, 0.25) is 12.7 Å². The van der Waals surface area contributed by atoms with Gasteiger partial charge < -0.3 is 19.3 Å². The summed E-state index contributed by atoms with van der Waals surface area (Å²) in [6, 6.07) is 12.6. The number of rotatable bonds is 1. The maximum atomic E-state index is 13.1. The minimum atomic E-state index is -0.124. The highest BCUT2D eigenvalue weighted by atomic mass is 16.7. The average molecular weight is 338 g/mol. The van der Waals surface area contributed by atoms with Crippen LogP contribution in [-0.4, -0.2) is 31.2 Å². The highest BCUT2D eigenvalue weighted by Gasteiger charge is 2.34. The van der Waals surface area contributed by atoms with Gasteiger partial charge in [-0.2, -0.15) is 0 Å². The predicted molar refractivity (Wildman–Crippen MR) is 93.3 cm³/mol. The van der Waals surface area contributed by atoms with Gasteiger partial charge in [-0.25, -0.2) is 0 Å². The zero-order valence-electron chi connectivity index (χ0n) is 14.1. The minimum Gasteiger partial charge on any atom is -0.454 e. The topological polar surface area (TPSA) is 59.1 Å². The summed E-state index contributed by atoms with van der Waals surface area (Å²) in [5.74, 6) is 1.07. The van der Waals surface area contributed by atoms with Crippen molar-refractivity contribution in [1.29, 1.82) is 0 Å². The van der Waals surface area contributed by atoms with Crippen molar-refractivity contribution >= 4 is 23.2 Å². The number of hydrogen-bond acceptors (Lipinski definition) is 4. The molecule has 1 atom stereocenters. The fourth-order valence-electron chi connectivity index (χ4n) is 3.44. The SMILES string of the molecule is CC(=O)N1c2ccccc2N(C(=O)c2ccc3c(c2)OCO3)CC1C. The number of carbonyl (C=O) groups excluding carboxylic acids is 2. The number of para-hydroxylation sites is 2. The molecule has 0 fully saturated rings. The van der Waals surface area contributed by atoms with E-state index in [1.165, 1.54) is 0 Å². The van der Waals surface area contributed by atoms with Gasteiger partial charge in [0.15, 0.2) is 11.5 Å². The van der Waals surface area contributed by atoms with Crippen molar-refractivity contribution in [1.82, 2.24) is 0 Å². The van der Waals surface area contributed by atoms with E-state index in [9.17, 15) is 9.59 Å². The molecule has 2 aromatic rings. The molecule has 25 heavy (non-hydrogen) atoms. The first-order valence-electron chi connectivity index (χ1n) is 8.16. The monoisotopic (exact) mass is 338 g/mol. The number of nitrogens with zero attached hydrogens (tertiary/aromatic N) is 2. The van der Waals surface area contributed by atoms with Crippen LogP contribution in [0.15, 0.2) is 42.5 Å². The third-order valence-electron chi connectivity index (χ3n) is 4.52. The Hall–Kier alpha value is -3.02. The van der Waals surface area contributed by atoms with Gasteiger partial charge in [0.25, 0.3) is 5.91 Å². The van der Waals surface area contributed by atoms with E-state index in [1.807, 2.05) is 31.2 Å². The molecule has 4 rings (SSSR count). The van der Waals surface area contributed by atoms with Crippen LogP contribution in [0, 0.1) is 0 Å². The maximum absolute atomic E-state index is 13.1. The molecule has 0 bridgehead atoms. The van der Waals surface area contributed by atoms with Gasteiger partial charge >= 0.3 is 0 Å². The van der Waals surface area contributed by atoms with Crippen LogP contribution < -0.4 is 19.3 Å². The normalized spacial score (nSPS) is 18.1. The fourth-order valence-corrected chi connectivity index (χ4v) is 3.44. The second-order valence-electron chi connectivity index (χ2n) is 6.21. The van der Waals surface area contributed by atoms with Crippen LogP contribution in [0.4, 0.5) is 11.4 Å². The molecule has 2 aromatic carbocycles. The van der Waals surface area contributed by atoms with Crippen molar-refractivity contribution in [2.45, 2.75) is 19.9 Å². The Morgan fingerprint density at radius 3 is 2.52 bits per heavy atom. The summed E-state index contributed by atoms with van der Waals surface area (Å²) in [5.41, 5.74) is 2.02. The third-order valence-corrected chi connectivity index (χ3v) is 4.52. The van der Waals surface area contributed by atoms with Crippen molar-refractivity contribution in [3.63, 3.8) is 0 Å². The van der Waals surface area contributed by atoms with Crippen LogP contribution >= 0.6 is 0 Å². The smallest absolute Gasteiger partial charge is 0.258 e. The zero-order chi connectivity index (χ0) is 17.6. The van der Waals surface area contributed by atoms with Gasteiger partial charge in [0.1, 0.15) is 0 Å². The van der Waals surface area contributed by atoms with Crippen molar-refractivity contribution in [2.75, 3.05) is 23.1 Å². The molecule has 1 unspecified atom stereocenters. The molecule has 0 N–H and O–H groups in total. The molecule has 0 aliphatic carbocycles. The number of hydrogen-bond donors (Lipinski definition) is 0. The van der Waals surface area contributed by atoms with Crippen LogP contribution in [-0.2, 0) is 4.79 Å². The number of amides is 2. The van der Waals surface area contributed by atoms with E-state index < -0.39 is 0 Å². The molecule has 0 saturated carbocycles. The number of ether oxygens (including phenoxy) is 2. The van der Waals surface area contributed by atoms with Gasteiger partial charge in [-0.15, -0.1) is 0 Å². The number of carbonyl (C=O) groups is 2. The van der Waals surface area contributed by atoms with E-state index in [0.29, 0.717) is 23.6 Å². The van der Waals surface area contributed by atoms with Gasteiger partial charge in [0.05, 0.1) is 17.4 Å². The number of fused-ring (bicyclic) bond motifs is 2. The van der Waals surface area contributed by atoms with E-state index in [4.69, 9.17) is 9.47 Å².